The highest BCUT2D eigenvalue weighted by Gasteiger charge is 2.38. The normalized spacial score (nSPS) is 18.3. The number of amides is 1. The molecule has 1 saturated carbocycles. The monoisotopic (exact) mass is 859 g/mol. The third kappa shape index (κ3) is 10.0. The number of aliphatic imine (C=N–C) groups is 1. The van der Waals surface area contributed by atoms with Crippen LogP contribution in [0, 0.1) is 33.9 Å². The Bertz CT molecular complexity index is 2150. The molecular weight excluding hydrogens is 811 g/mol. The van der Waals surface area contributed by atoms with Crippen molar-refractivity contribution in [2.75, 3.05) is 7.05 Å². The number of H-pyrrole nitrogens is 1. The van der Waals surface area contributed by atoms with Gasteiger partial charge in [-0.15, -0.1) is 0 Å². The number of benzene rings is 1. The molecular formula is C39H49N5OS8. The minimum Gasteiger partial charge on any atom is -0.330 e. The van der Waals surface area contributed by atoms with Crippen LogP contribution in [0.2, 0.25) is 0 Å². The van der Waals surface area contributed by atoms with E-state index in [1.54, 1.807) is 65.9 Å². The largest absolute Gasteiger partial charge is 0.330 e. The SMILES string of the molecule is CN=C(SC(C)(C)CC(C)(C)C)/C(C(=O)NC=S)=C1\Sc2c(C)c3c(c(C#N)c2S1)S/C(=c1\c(SC(C)(C)CC(C)(C)C)nc(=S)[nH]c1=C1CCC1)S3. The summed E-state index contributed by atoms with van der Waals surface area (Å²) in [6.07, 6.45) is 5.19. The van der Waals surface area contributed by atoms with Gasteiger partial charge in [-0.2, -0.15) is 5.26 Å². The van der Waals surface area contributed by atoms with Gasteiger partial charge in [0.1, 0.15) is 16.1 Å². The minimum absolute atomic E-state index is 0.0786. The highest BCUT2D eigenvalue weighted by Crippen LogP contribution is 2.63. The maximum atomic E-state index is 13.8. The number of aromatic amines is 1. The summed E-state index contributed by atoms with van der Waals surface area (Å²) in [5.41, 5.74) is 5.12. The average Bonchev–Trinajstić information content (AvgIpc) is 3.59. The highest BCUT2D eigenvalue weighted by atomic mass is 32.2. The molecule has 3 aliphatic rings. The fraction of sp³-hybridized carbons (Fsp3) is 0.538. The van der Waals surface area contributed by atoms with E-state index in [4.69, 9.17) is 29.4 Å². The van der Waals surface area contributed by atoms with Gasteiger partial charge in [-0.1, -0.05) is 152 Å². The van der Waals surface area contributed by atoms with Crippen LogP contribution in [0.5, 0.6) is 0 Å². The molecule has 1 aliphatic carbocycles. The molecule has 1 amide bonds. The number of nitrogens with one attached hydrogen (secondary N) is 2. The van der Waals surface area contributed by atoms with Crippen LogP contribution in [-0.2, 0) is 4.79 Å². The second-order valence-corrected chi connectivity index (χ2v) is 25.8. The van der Waals surface area contributed by atoms with Gasteiger partial charge in [0.2, 0.25) is 0 Å². The predicted octanol–water partition coefficient (Wildman–Crippen LogP) is 11.4. The summed E-state index contributed by atoms with van der Waals surface area (Å²) in [6.45, 7) is 24.6. The van der Waals surface area contributed by atoms with E-state index < -0.39 is 0 Å². The van der Waals surface area contributed by atoms with Gasteiger partial charge in [0.15, 0.2) is 4.77 Å². The van der Waals surface area contributed by atoms with Gasteiger partial charge in [-0.05, 0) is 73.2 Å². The van der Waals surface area contributed by atoms with E-state index in [-0.39, 0.29) is 26.2 Å². The van der Waals surface area contributed by atoms with Crippen molar-refractivity contribution in [1.29, 1.82) is 5.26 Å². The summed E-state index contributed by atoms with van der Waals surface area (Å²) in [6, 6.07) is 2.58. The number of aromatic nitrogens is 2. The summed E-state index contributed by atoms with van der Waals surface area (Å²) in [5.74, 6) is -0.292. The molecule has 6 nitrogen and oxygen atoms in total. The van der Waals surface area contributed by atoms with Crippen LogP contribution >= 0.6 is 95.0 Å². The van der Waals surface area contributed by atoms with Crippen LogP contribution in [-0.4, -0.2) is 43.0 Å². The number of fused-ring (bicyclic) bond motifs is 2. The number of carbonyl (C=O) groups excluding carboxylic acids is 1. The molecule has 2 aliphatic heterocycles. The zero-order valence-electron chi connectivity index (χ0n) is 32.6. The zero-order chi connectivity index (χ0) is 39.3. The maximum Gasteiger partial charge on any atom is 0.260 e. The Morgan fingerprint density at radius 2 is 1.53 bits per heavy atom. The molecule has 0 atom stereocenters. The first-order valence-electron chi connectivity index (χ1n) is 17.6. The number of hydrogen-bond acceptors (Lipinski definition) is 12. The van der Waals surface area contributed by atoms with Crippen LogP contribution in [0.1, 0.15) is 112 Å². The molecule has 14 heteroatoms. The minimum atomic E-state index is -0.292. The van der Waals surface area contributed by atoms with Gasteiger partial charge < -0.3 is 10.3 Å². The summed E-state index contributed by atoms with van der Waals surface area (Å²) in [7, 11) is 1.74. The Balaban J connectivity index is 1.65. The molecule has 2 N–H and O–H groups in total. The van der Waals surface area contributed by atoms with Crippen molar-refractivity contribution >= 4 is 121 Å². The molecule has 0 unspecified atom stereocenters. The maximum absolute atomic E-state index is 13.8. The summed E-state index contributed by atoms with van der Waals surface area (Å²) < 4.78 is 2.17. The van der Waals surface area contributed by atoms with Gasteiger partial charge >= 0.3 is 0 Å². The van der Waals surface area contributed by atoms with E-state index in [9.17, 15) is 10.1 Å². The topological polar surface area (TPSA) is 93.9 Å². The van der Waals surface area contributed by atoms with E-state index >= 15 is 0 Å². The zero-order valence-corrected chi connectivity index (χ0v) is 39.2. The molecule has 0 radical (unpaired) electrons. The van der Waals surface area contributed by atoms with Gasteiger partial charge in [0.05, 0.1) is 35.7 Å². The van der Waals surface area contributed by atoms with Gasteiger partial charge in [-0.3, -0.25) is 9.79 Å². The third-order valence-corrected chi connectivity index (χ3v) is 16.8. The Morgan fingerprint density at radius 1 is 0.962 bits per heavy atom. The molecule has 3 heterocycles. The number of nitrogens with zero attached hydrogens (tertiary/aromatic N) is 3. The number of rotatable bonds is 8. The molecule has 0 bridgehead atoms. The van der Waals surface area contributed by atoms with Crippen LogP contribution in [0.25, 0.3) is 9.81 Å². The van der Waals surface area contributed by atoms with E-state index in [1.165, 1.54) is 29.2 Å². The number of nitriles is 1. The van der Waals surface area contributed by atoms with Gasteiger partial charge in [-0.25, -0.2) is 4.98 Å². The highest BCUT2D eigenvalue weighted by molar-refractivity contribution is 8.32. The lowest BCUT2D eigenvalue weighted by molar-refractivity contribution is -0.115. The van der Waals surface area contributed by atoms with E-state index in [0.29, 0.717) is 21.0 Å². The lowest BCUT2D eigenvalue weighted by Crippen LogP contribution is -2.37. The number of thioether (sulfide) groups is 6. The third-order valence-electron chi connectivity index (χ3n) is 8.55. The van der Waals surface area contributed by atoms with Crippen LogP contribution in [0.4, 0.5) is 0 Å². The summed E-state index contributed by atoms with van der Waals surface area (Å²) in [5, 5.41) is 17.4. The predicted molar refractivity (Wildman–Crippen MR) is 241 cm³/mol. The molecule has 284 valence electrons. The first kappa shape index (κ1) is 43.0. The van der Waals surface area contributed by atoms with Crippen molar-refractivity contribution in [2.24, 2.45) is 15.8 Å². The molecule has 1 aromatic heterocycles. The quantitative estimate of drug-likeness (QED) is 0.0664. The van der Waals surface area contributed by atoms with Crippen LogP contribution < -0.4 is 15.9 Å². The number of thiocarbonyl (C=S) groups is 1. The van der Waals surface area contributed by atoms with Crippen molar-refractivity contribution in [3.05, 3.63) is 36.3 Å². The number of hydrogen-bond donors (Lipinski definition) is 2. The molecule has 0 spiro atoms. The van der Waals surface area contributed by atoms with Gasteiger partial charge in [0, 0.05) is 36.1 Å². The summed E-state index contributed by atoms with van der Waals surface area (Å²) in [4.78, 5) is 30.8. The van der Waals surface area contributed by atoms with Crippen LogP contribution in [0.3, 0.4) is 0 Å². The molecule has 5 rings (SSSR count). The lowest BCUT2D eigenvalue weighted by atomic mass is 9.86. The second kappa shape index (κ2) is 16.4. The van der Waals surface area contributed by atoms with Crippen LogP contribution in [0.15, 0.2) is 39.4 Å². The average molecular weight is 860 g/mol. The standard InChI is InChI=1S/C39H49N5OS8/c1-20-26-28(50-33(48-26)23-25(21-14-13-15-21)43-35(47)44-32(23)53-39(10,11)18-37(5,6)7)22(16-40)29-27(20)49-34(51-29)24(30(45)42-19-46)31(41-12)52-38(8,9)17-36(2,3)4/h19H,13-15,17-18H2,1-12H3,(H,43,47)(H,42,45,46)/b33-23-,34-24+,41-31?. The Hall–Kier alpha value is -1.18. The summed E-state index contributed by atoms with van der Waals surface area (Å²) >= 11 is 20.7. The first-order valence-corrected chi connectivity index (χ1v) is 23.4. The van der Waals surface area contributed by atoms with Crippen molar-refractivity contribution in [2.45, 2.75) is 142 Å². The van der Waals surface area contributed by atoms with Crippen molar-refractivity contribution < 1.29 is 4.79 Å². The smallest absolute Gasteiger partial charge is 0.260 e. The van der Waals surface area contributed by atoms with Gasteiger partial charge in [0.25, 0.3) is 5.91 Å². The second-order valence-electron chi connectivity index (χ2n) is 17.2. The van der Waals surface area contributed by atoms with Crippen molar-refractivity contribution in [3.63, 3.8) is 0 Å². The van der Waals surface area contributed by atoms with Crippen molar-refractivity contribution in [3.8, 4) is 6.07 Å². The van der Waals surface area contributed by atoms with E-state index in [1.807, 2.05) is 0 Å². The number of carbonyl (C=O) groups is 1. The Kier molecular flexibility index (Phi) is 13.3. The lowest BCUT2D eigenvalue weighted by Gasteiger charge is -2.32. The first-order chi connectivity index (χ1) is 24.6. The Morgan fingerprint density at radius 3 is 2.08 bits per heavy atom. The van der Waals surface area contributed by atoms with E-state index in [0.717, 1.165) is 74.9 Å². The fourth-order valence-electron chi connectivity index (χ4n) is 7.28. The molecule has 2 aromatic rings. The molecule has 0 saturated heterocycles. The molecule has 53 heavy (non-hydrogen) atoms. The van der Waals surface area contributed by atoms with E-state index in [2.05, 4.69) is 97.5 Å². The fourth-order valence-corrected chi connectivity index (χ4v) is 16.6. The molecule has 1 fully saturated rings. The Labute approximate surface area is 351 Å². The van der Waals surface area contributed by atoms with Crippen molar-refractivity contribution in [1.82, 2.24) is 15.3 Å². The molecule has 1 aromatic carbocycles.